The molecule has 0 spiro atoms. The highest BCUT2D eigenvalue weighted by molar-refractivity contribution is 7.17. The minimum Gasteiger partial charge on any atom is -0.481 e. The molecule has 10 heteroatoms. The number of ether oxygens (including phenoxy) is 1. The molecule has 3 aromatic rings. The summed E-state index contributed by atoms with van der Waals surface area (Å²) in [5, 5.41) is 25.4. The smallest absolute Gasteiger partial charge is 0.353 e. The van der Waals surface area contributed by atoms with Crippen molar-refractivity contribution >= 4 is 40.9 Å². The average Bonchev–Trinajstić information content (AvgIpc) is 3.29. The zero-order valence-electron chi connectivity index (χ0n) is 17.7. The topological polar surface area (TPSA) is 168 Å². The van der Waals surface area contributed by atoms with E-state index >= 15 is 0 Å². The van der Waals surface area contributed by atoms with E-state index in [2.05, 4.69) is 0 Å². The maximum Gasteiger partial charge on any atom is 0.353 e. The zero-order chi connectivity index (χ0) is 24.8. The summed E-state index contributed by atoms with van der Waals surface area (Å²) < 4.78 is 5.35. The molecule has 0 saturated heterocycles. The summed E-state index contributed by atoms with van der Waals surface area (Å²) in [6.07, 6.45) is -1.08. The highest BCUT2D eigenvalue weighted by Gasteiger charge is 2.25. The van der Waals surface area contributed by atoms with Gasteiger partial charge in [-0.15, -0.1) is 11.3 Å². The summed E-state index contributed by atoms with van der Waals surface area (Å²) in [5.74, 6) is -4.81. The Hall–Kier alpha value is -4.31. The molecular weight excluding hydrogens is 460 g/mol. The summed E-state index contributed by atoms with van der Waals surface area (Å²) in [6, 6.07) is 16.0. The van der Waals surface area contributed by atoms with Crippen molar-refractivity contribution in [1.29, 1.82) is 5.41 Å². The van der Waals surface area contributed by atoms with Crippen molar-refractivity contribution in [2.75, 3.05) is 0 Å². The van der Waals surface area contributed by atoms with Crippen molar-refractivity contribution < 1.29 is 34.1 Å². The Balaban J connectivity index is 1.72. The Morgan fingerprint density at radius 1 is 0.941 bits per heavy atom. The van der Waals surface area contributed by atoms with E-state index in [1.54, 1.807) is 42.5 Å². The maximum atomic E-state index is 12.6. The van der Waals surface area contributed by atoms with E-state index in [1.807, 2.05) is 0 Å². The van der Waals surface area contributed by atoms with E-state index in [0.717, 1.165) is 11.3 Å². The van der Waals surface area contributed by atoms with Crippen LogP contribution in [-0.4, -0.2) is 39.7 Å². The predicted octanol–water partition coefficient (Wildman–Crippen LogP) is 3.67. The van der Waals surface area contributed by atoms with E-state index < -0.39 is 42.5 Å². The lowest BCUT2D eigenvalue weighted by Crippen LogP contribution is -2.21. The minimum atomic E-state index is -1.34. The van der Waals surface area contributed by atoms with Gasteiger partial charge in [-0.25, -0.2) is 4.79 Å². The number of rotatable bonds is 10. The summed E-state index contributed by atoms with van der Waals surface area (Å²) in [5.41, 5.74) is 6.80. The Morgan fingerprint density at radius 2 is 1.65 bits per heavy atom. The number of hydrogen-bond acceptors (Lipinski definition) is 7. The number of nitrogen functional groups attached to an aromatic ring is 1. The molecule has 9 nitrogen and oxygen atoms in total. The zero-order valence-corrected chi connectivity index (χ0v) is 18.5. The van der Waals surface area contributed by atoms with E-state index in [9.17, 15) is 24.3 Å². The van der Waals surface area contributed by atoms with E-state index in [-0.39, 0.29) is 11.4 Å². The first-order valence-corrected chi connectivity index (χ1v) is 10.8. The monoisotopic (exact) mass is 480 g/mol. The molecule has 0 amide bonds. The van der Waals surface area contributed by atoms with Crippen LogP contribution in [0.25, 0.3) is 10.4 Å². The van der Waals surface area contributed by atoms with Crippen LogP contribution in [0, 0.1) is 11.3 Å². The largest absolute Gasteiger partial charge is 0.481 e. The van der Waals surface area contributed by atoms with Crippen molar-refractivity contribution in [3.8, 4) is 16.2 Å². The molecule has 1 aromatic heterocycles. The molecule has 1 heterocycles. The van der Waals surface area contributed by atoms with Gasteiger partial charge >= 0.3 is 17.9 Å². The number of carboxylic acids is 2. The number of ketones is 1. The molecule has 0 aliphatic heterocycles. The second kappa shape index (κ2) is 10.5. The van der Waals surface area contributed by atoms with Crippen LogP contribution in [0.15, 0.2) is 60.7 Å². The third-order valence-electron chi connectivity index (χ3n) is 4.85. The maximum absolute atomic E-state index is 12.6. The quantitative estimate of drug-likeness (QED) is 0.112. The van der Waals surface area contributed by atoms with Gasteiger partial charge < -0.3 is 20.7 Å². The van der Waals surface area contributed by atoms with Gasteiger partial charge in [0.2, 0.25) is 0 Å². The van der Waals surface area contributed by atoms with Gasteiger partial charge in [0.15, 0.2) is 5.78 Å². The van der Waals surface area contributed by atoms with Gasteiger partial charge in [-0.2, -0.15) is 0 Å². The van der Waals surface area contributed by atoms with Crippen LogP contribution in [0.5, 0.6) is 5.75 Å². The highest BCUT2D eigenvalue weighted by Crippen LogP contribution is 2.30. The number of Topliss-reactive ketones (excluding diaryl/α,β-unsaturated/α-hetero) is 1. The first-order valence-electron chi connectivity index (χ1n) is 9.98. The molecule has 5 N–H and O–H groups in total. The van der Waals surface area contributed by atoms with Gasteiger partial charge in [0.25, 0.3) is 0 Å². The van der Waals surface area contributed by atoms with Crippen LogP contribution in [-0.2, 0) is 9.59 Å². The average molecular weight is 480 g/mol. The molecule has 1 atom stereocenters. The fraction of sp³-hybridized carbons (Fsp3) is 0.125. The lowest BCUT2D eigenvalue weighted by Gasteiger charge is -2.09. The molecule has 0 bridgehead atoms. The fourth-order valence-electron chi connectivity index (χ4n) is 3.11. The second-order valence-electron chi connectivity index (χ2n) is 7.33. The van der Waals surface area contributed by atoms with E-state index in [4.69, 9.17) is 21.0 Å². The Morgan fingerprint density at radius 3 is 2.26 bits per heavy atom. The Labute approximate surface area is 197 Å². The molecule has 0 saturated carbocycles. The number of benzene rings is 2. The number of amidine groups is 1. The van der Waals surface area contributed by atoms with Crippen LogP contribution in [0.2, 0.25) is 0 Å². The molecule has 0 radical (unpaired) electrons. The standard InChI is InChI=1S/C24H20N2O7S/c25-22(26)13-4-6-17(7-5-13)33-24(32)20-9-8-19(34-20)15-3-1-2-14(10-15)18(27)11-16(23(30)31)12-21(28)29/h1-10,16H,11-12H2,(H3,25,26)(H,28,29)(H,30,31)/t16-/m0/s1. The minimum absolute atomic E-state index is 0.0955. The number of esters is 1. The number of carbonyl (C=O) groups excluding carboxylic acids is 2. The first-order chi connectivity index (χ1) is 16.1. The summed E-state index contributed by atoms with van der Waals surface area (Å²) in [6.45, 7) is 0. The van der Waals surface area contributed by atoms with Crippen LogP contribution < -0.4 is 10.5 Å². The van der Waals surface area contributed by atoms with E-state index in [1.165, 1.54) is 18.2 Å². The Kier molecular flexibility index (Phi) is 7.54. The predicted molar refractivity (Wildman–Crippen MR) is 124 cm³/mol. The van der Waals surface area contributed by atoms with Gasteiger partial charge in [-0.05, 0) is 48.0 Å². The first kappa shape index (κ1) is 24.3. The molecule has 0 unspecified atom stereocenters. The van der Waals surface area contributed by atoms with Crippen molar-refractivity contribution in [3.63, 3.8) is 0 Å². The van der Waals surface area contributed by atoms with Crippen LogP contribution >= 0.6 is 11.3 Å². The number of nitrogens with one attached hydrogen (secondary N) is 1. The molecule has 3 rings (SSSR count). The van der Waals surface area contributed by atoms with Crippen molar-refractivity contribution in [3.05, 3.63) is 76.7 Å². The number of hydrogen-bond donors (Lipinski definition) is 4. The highest BCUT2D eigenvalue weighted by atomic mass is 32.1. The number of nitrogens with two attached hydrogens (primary N) is 1. The lowest BCUT2D eigenvalue weighted by molar-refractivity contribution is -0.148. The van der Waals surface area contributed by atoms with Gasteiger partial charge in [-0.3, -0.25) is 19.8 Å². The van der Waals surface area contributed by atoms with Crippen molar-refractivity contribution in [2.24, 2.45) is 11.7 Å². The Bertz CT molecular complexity index is 1260. The van der Waals surface area contributed by atoms with Gasteiger partial charge in [0.05, 0.1) is 12.3 Å². The summed E-state index contributed by atoms with van der Waals surface area (Å²) in [7, 11) is 0. The van der Waals surface area contributed by atoms with Gasteiger partial charge in [0.1, 0.15) is 16.5 Å². The summed E-state index contributed by atoms with van der Waals surface area (Å²) in [4.78, 5) is 48.2. The van der Waals surface area contributed by atoms with Crippen LogP contribution in [0.3, 0.4) is 0 Å². The number of carbonyl (C=O) groups is 4. The molecule has 174 valence electrons. The number of thiophene rings is 1. The van der Waals surface area contributed by atoms with E-state index in [0.29, 0.717) is 26.6 Å². The number of aliphatic carboxylic acids is 2. The lowest BCUT2D eigenvalue weighted by atomic mass is 9.94. The third kappa shape index (κ3) is 6.14. The third-order valence-corrected chi connectivity index (χ3v) is 5.97. The SMILES string of the molecule is N=C(N)c1ccc(OC(=O)c2ccc(-c3cccc(C(=O)C[C@@H](CC(=O)O)C(=O)O)c3)s2)cc1. The second-order valence-corrected chi connectivity index (χ2v) is 8.42. The summed E-state index contributed by atoms with van der Waals surface area (Å²) >= 11 is 1.16. The molecule has 2 aromatic carbocycles. The molecule has 0 fully saturated rings. The van der Waals surface area contributed by atoms with Crippen molar-refractivity contribution in [2.45, 2.75) is 12.8 Å². The fourth-order valence-corrected chi connectivity index (χ4v) is 3.99. The van der Waals surface area contributed by atoms with Gasteiger partial charge in [-0.1, -0.05) is 18.2 Å². The van der Waals surface area contributed by atoms with Gasteiger partial charge in [0, 0.05) is 22.4 Å². The van der Waals surface area contributed by atoms with Crippen LogP contribution in [0.4, 0.5) is 0 Å². The number of carboxylic acid groups (broad SMARTS) is 2. The molecule has 0 aliphatic rings. The van der Waals surface area contributed by atoms with Crippen molar-refractivity contribution in [1.82, 2.24) is 0 Å². The molecular formula is C24H20N2O7S. The molecule has 34 heavy (non-hydrogen) atoms. The van der Waals surface area contributed by atoms with Crippen LogP contribution in [0.1, 0.15) is 38.4 Å². The normalized spacial score (nSPS) is 11.4. The molecule has 0 aliphatic carbocycles.